The smallest absolute Gasteiger partial charge is 0.255 e. The van der Waals surface area contributed by atoms with Crippen LogP contribution in [-0.2, 0) is 20.2 Å². The number of nitrogens with zero attached hydrogens (tertiary/aromatic N) is 2. The van der Waals surface area contributed by atoms with Crippen molar-refractivity contribution in [3.8, 4) is 0 Å². The van der Waals surface area contributed by atoms with Crippen molar-refractivity contribution in [2.75, 3.05) is 13.6 Å². The zero-order chi connectivity index (χ0) is 20.1. The lowest BCUT2D eigenvalue weighted by Crippen LogP contribution is -2.36. The predicted molar refractivity (Wildman–Crippen MR) is 107 cm³/mol. The van der Waals surface area contributed by atoms with E-state index in [-0.39, 0.29) is 16.9 Å². The number of nitrogens with one attached hydrogen (secondary N) is 1. The monoisotopic (exact) mass is 387 g/mol. The number of hydrogen-bond donors (Lipinski definition) is 1. The van der Waals surface area contributed by atoms with Crippen molar-refractivity contribution in [1.82, 2.24) is 9.73 Å². The highest BCUT2D eigenvalue weighted by Crippen LogP contribution is 2.21. The standard InChI is InChI=1S/C20H25N3O3S/c1-20(2,3)17-12-10-16(11-13-17)14-21-22-19(24)15-23(4)27(25,26)18-8-6-5-7-9-18/h5-14H,15H2,1-4H3,(H,22,24)/b21-14-. The van der Waals surface area contributed by atoms with Gasteiger partial charge >= 0.3 is 0 Å². The molecule has 0 heterocycles. The van der Waals surface area contributed by atoms with E-state index in [9.17, 15) is 13.2 Å². The lowest BCUT2D eigenvalue weighted by atomic mass is 9.87. The van der Waals surface area contributed by atoms with Gasteiger partial charge in [-0.3, -0.25) is 4.79 Å². The van der Waals surface area contributed by atoms with E-state index in [2.05, 4.69) is 31.3 Å². The van der Waals surface area contributed by atoms with Gasteiger partial charge in [-0.2, -0.15) is 9.41 Å². The van der Waals surface area contributed by atoms with Crippen LogP contribution in [0.25, 0.3) is 0 Å². The first kappa shape index (κ1) is 20.8. The molecule has 0 aliphatic heterocycles. The van der Waals surface area contributed by atoms with Crippen LogP contribution in [0.5, 0.6) is 0 Å². The fourth-order valence-corrected chi connectivity index (χ4v) is 3.49. The summed E-state index contributed by atoms with van der Waals surface area (Å²) in [5, 5.41) is 3.90. The minimum Gasteiger partial charge on any atom is -0.272 e. The summed E-state index contributed by atoms with van der Waals surface area (Å²) in [6, 6.07) is 15.9. The molecule has 1 amide bonds. The summed E-state index contributed by atoms with van der Waals surface area (Å²) < 4.78 is 25.8. The molecule has 0 saturated carbocycles. The Hall–Kier alpha value is -2.51. The van der Waals surface area contributed by atoms with Crippen LogP contribution in [0.2, 0.25) is 0 Å². The Bertz CT molecular complexity index is 900. The predicted octanol–water partition coefficient (Wildman–Crippen LogP) is 2.75. The molecule has 2 rings (SSSR count). The van der Waals surface area contributed by atoms with Crippen LogP contribution in [0.3, 0.4) is 0 Å². The minimum atomic E-state index is -3.71. The summed E-state index contributed by atoms with van der Waals surface area (Å²) in [7, 11) is -2.35. The summed E-state index contributed by atoms with van der Waals surface area (Å²) in [6.45, 7) is 6.08. The number of carbonyl (C=O) groups is 1. The van der Waals surface area contributed by atoms with Crippen LogP contribution in [0.15, 0.2) is 64.6 Å². The van der Waals surface area contributed by atoms with Gasteiger partial charge in [0, 0.05) is 7.05 Å². The maximum atomic E-state index is 12.4. The number of likely N-dealkylation sites (N-methyl/N-ethyl adjacent to an activating group) is 1. The Balaban J connectivity index is 1.93. The SMILES string of the molecule is CN(CC(=O)N/N=C\c1ccc(C(C)(C)C)cc1)S(=O)(=O)c1ccccc1. The van der Waals surface area contributed by atoms with E-state index in [0.717, 1.165) is 9.87 Å². The van der Waals surface area contributed by atoms with Crippen molar-refractivity contribution in [1.29, 1.82) is 0 Å². The molecule has 144 valence electrons. The second-order valence-corrected chi connectivity index (χ2v) is 9.28. The Morgan fingerprint density at radius 2 is 1.67 bits per heavy atom. The molecule has 0 radical (unpaired) electrons. The number of hydrogen-bond acceptors (Lipinski definition) is 4. The molecule has 0 spiro atoms. The van der Waals surface area contributed by atoms with E-state index in [1.807, 2.05) is 24.3 Å². The van der Waals surface area contributed by atoms with Crippen LogP contribution in [0.1, 0.15) is 31.9 Å². The number of benzene rings is 2. The maximum Gasteiger partial charge on any atom is 0.255 e. The van der Waals surface area contributed by atoms with Gasteiger partial charge in [0.05, 0.1) is 17.7 Å². The number of amides is 1. The van der Waals surface area contributed by atoms with Crippen molar-refractivity contribution in [3.63, 3.8) is 0 Å². The number of carbonyl (C=O) groups excluding carboxylic acids is 1. The number of hydrazone groups is 1. The normalized spacial score (nSPS) is 12.5. The molecule has 0 aliphatic carbocycles. The average molecular weight is 388 g/mol. The Morgan fingerprint density at radius 3 is 2.22 bits per heavy atom. The molecule has 0 unspecified atom stereocenters. The van der Waals surface area contributed by atoms with E-state index < -0.39 is 15.9 Å². The van der Waals surface area contributed by atoms with Gasteiger partial charge in [-0.1, -0.05) is 63.2 Å². The third-order valence-electron chi connectivity index (χ3n) is 4.00. The molecule has 0 aromatic heterocycles. The summed E-state index contributed by atoms with van der Waals surface area (Å²) in [4.78, 5) is 12.1. The summed E-state index contributed by atoms with van der Waals surface area (Å²) in [5.74, 6) is -0.514. The Labute approximate surface area is 161 Å². The molecule has 0 atom stereocenters. The molecule has 7 heteroatoms. The number of sulfonamides is 1. The molecule has 0 fully saturated rings. The second-order valence-electron chi connectivity index (χ2n) is 7.24. The van der Waals surface area contributed by atoms with E-state index in [1.165, 1.54) is 31.0 Å². The van der Waals surface area contributed by atoms with Crippen LogP contribution < -0.4 is 5.43 Å². The van der Waals surface area contributed by atoms with Gasteiger partial charge in [-0.25, -0.2) is 13.8 Å². The van der Waals surface area contributed by atoms with Gasteiger partial charge in [0.2, 0.25) is 10.0 Å². The summed E-state index contributed by atoms with van der Waals surface area (Å²) in [5.41, 5.74) is 4.47. The van der Waals surface area contributed by atoms with E-state index in [1.54, 1.807) is 18.2 Å². The van der Waals surface area contributed by atoms with Crippen molar-refractivity contribution in [2.45, 2.75) is 31.1 Å². The van der Waals surface area contributed by atoms with Gasteiger partial charge in [0.1, 0.15) is 0 Å². The summed E-state index contributed by atoms with van der Waals surface area (Å²) >= 11 is 0. The molecule has 0 bridgehead atoms. The highest BCUT2D eigenvalue weighted by Gasteiger charge is 2.22. The molecular formula is C20H25N3O3S. The first-order chi connectivity index (χ1) is 12.6. The van der Waals surface area contributed by atoms with Gasteiger partial charge < -0.3 is 0 Å². The molecule has 2 aromatic rings. The highest BCUT2D eigenvalue weighted by molar-refractivity contribution is 7.89. The second kappa shape index (κ2) is 8.45. The van der Waals surface area contributed by atoms with E-state index >= 15 is 0 Å². The molecule has 1 N–H and O–H groups in total. The fourth-order valence-electron chi connectivity index (χ4n) is 2.34. The fraction of sp³-hybridized carbons (Fsp3) is 0.300. The molecule has 0 aliphatic rings. The van der Waals surface area contributed by atoms with Crippen molar-refractivity contribution in [3.05, 3.63) is 65.7 Å². The van der Waals surface area contributed by atoms with Crippen LogP contribution in [0, 0.1) is 0 Å². The van der Waals surface area contributed by atoms with Crippen LogP contribution in [0.4, 0.5) is 0 Å². The van der Waals surface area contributed by atoms with Crippen molar-refractivity contribution >= 4 is 22.1 Å². The lowest BCUT2D eigenvalue weighted by molar-refractivity contribution is -0.121. The van der Waals surface area contributed by atoms with Gasteiger partial charge in [-0.15, -0.1) is 0 Å². The van der Waals surface area contributed by atoms with E-state index in [0.29, 0.717) is 0 Å². The largest absolute Gasteiger partial charge is 0.272 e. The lowest BCUT2D eigenvalue weighted by Gasteiger charge is -2.18. The van der Waals surface area contributed by atoms with Gasteiger partial charge in [-0.05, 0) is 28.7 Å². The molecule has 0 saturated heterocycles. The maximum absolute atomic E-state index is 12.4. The zero-order valence-electron chi connectivity index (χ0n) is 16.0. The van der Waals surface area contributed by atoms with Gasteiger partial charge in [0.15, 0.2) is 0 Å². The van der Waals surface area contributed by atoms with Gasteiger partial charge in [0.25, 0.3) is 5.91 Å². The van der Waals surface area contributed by atoms with E-state index in [4.69, 9.17) is 0 Å². The molecule has 27 heavy (non-hydrogen) atoms. The first-order valence-electron chi connectivity index (χ1n) is 8.54. The van der Waals surface area contributed by atoms with Crippen LogP contribution >= 0.6 is 0 Å². The molecular weight excluding hydrogens is 362 g/mol. The minimum absolute atomic E-state index is 0.0682. The average Bonchev–Trinajstić information content (AvgIpc) is 2.62. The van der Waals surface area contributed by atoms with Crippen molar-refractivity contribution < 1.29 is 13.2 Å². The third-order valence-corrected chi connectivity index (χ3v) is 5.81. The van der Waals surface area contributed by atoms with Crippen LogP contribution in [-0.4, -0.2) is 38.4 Å². The third kappa shape index (κ3) is 5.74. The molecule has 6 nitrogen and oxygen atoms in total. The topological polar surface area (TPSA) is 78.8 Å². The Kier molecular flexibility index (Phi) is 6.51. The number of rotatable bonds is 6. The van der Waals surface area contributed by atoms with Crippen molar-refractivity contribution in [2.24, 2.45) is 5.10 Å². The first-order valence-corrected chi connectivity index (χ1v) is 9.98. The summed E-state index contributed by atoms with van der Waals surface area (Å²) in [6.07, 6.45) is 1.52. The quantitative estimate of drug-likeness (QED) is 0.611. The zero-order valence-corrected chi connectivity index (χ0v) is 16.8. The Morgan fingerprint density at radius 1 is 1.07 bits per heavy atom. The highest BCUT2D eigenvalue weighted by atomic mass is 32.2. The molecule has 2 aromatic carbocycles.